The van der Waals surface area contributed by atoms with Crippen LogP contribution in [0.5, 0.6) is 0 Å². The summed E-state index contributed by atoms with van der Waals surface area (Å²) in [5, 5.41) is 7.57. The number of hydrogen-bond acceptors (Lipinski definition) is 2. The summed E-state index contributed by atoms with van der Waals surface area (Å²) in [4.78, 5) is 5.55. The van der Waals surface area contributed by atoms with Crippen molar-refractivity contribution in [2.75, 3.05) is 0 Å². The van der Waals surface area contributed by atoms with Gasteiger partial charge in [0.15, 0.2) is 0 Å². The highest BCUT2D eigenvalue weighted by atomic mass is 32.1. The third-order valence-corrected chi connectivity index (χ3v) is 13.2. The van der Waals surface area contributed by atoms with Crippen molar-refractivity contribution in [1.82, 2.24) is 9.13 Å². The molecule has 3 nitrogen and oxygen atoms in total. The van der Waals surface area contributed by atoms with Crippen LogP contribution in [0.15, 0.2) is 169 Å². The van der Waals surface area contributed by atoms with Gasteiger partial charge in [-0.1, -0.05) is 117 Å². The Morgan fingerprint density at radius 1 is 0.625 bits per heavy atom. The minimum Gasteiger partial charge on any atom is -0.309 e. The minimum atomic E-state index is -0.148. The van der Waals surface area contributed by atoms with Crippen LogP contribution in [0, 0.1) is 0 Å². The van der Waals surface area contributed by atoms with Crippen molar-refractivity contribution in [1.29, 1.82) is 0 Å². The average Bonchev–Trinajstić information content (AvgIpc) is 3.92. The topological polar surface area (TPSA) is 22.2 Å². The highest BCUT2D eigenvalue weighted by Gasteiger charge is 2.38. The molecule has 0 atom stereocenters. The van der Waals surface area contributed by atoms with E-state index < -0.39 is 0 Å². The van der Waals surface area contributed by atoms with Crippen LogP contribution in [0.4, 0.5) is 0 Å². The summed E-state index contributed by atoms with van der Waals surface area (Å²) in [5.74, 6) is 0.843. The van der Waals surface area contributed by atoms with Gasteiger partial charge in [0.05, 0.1) is 27.8 Å². The van der Waals surface area contributed by atoms with Gasteiger partial charge >= 0.3 is 0 Å². The van der Waals surface area contributed by atoms with Gasteiger partial charge in [-0.15, -0.1) is 11.3 Å². The largest absolute Gasteiger partial charge is 0.309 e. The lowest BCUT2D eigenvalue weighted by atomic mass is 9.80. The predicted octanol–water partition coefficient (Wildman–Crippen LogP) is 14.4. The second-order valence-corrected chi connectivity index (χ2v) is 16.7. The van der Waals surface area contributed by atoms with Gasteiger partial charge in [0.25, 0.3) is 0 Å². The number of aromatic nitrogens is 2. The molecule has 0 saturated carbocycles. The van der Waals surface area contributed by atoms with Crippen LogP contribution < -0.4 is 0 Å². The van der Waals surface area contributed by atoms with Gasteiger partial charge in [-0.3, -0.25) is 4.57 Å². The second-order valence-electron chi connectivity index (χ2n) is 15.7. The molecule has 0 fully saturated rings. The maximum absolute atomic E-state index is 5.55. The fourth-order valence-corrected chi connectivity index (χ4v) is 10.7. The zero-order valence-electron chi connectivity index (χ0n) is 31.9. The quantitative estimate of drug-likeness (QED) is 0.127. The molecule has 3 heterocycles. The normalized spacial score (nSPS) is 14.1. The molecular weight excluding hydrogens is 699 g/mol. The van der Waals surface area contributed by atoms with Crippen molar-refractivity contribution in [3.63, 3.8) is 0 Å². The lowest BCUT2D eigenvalue weighted by molar-refractivity contribution is 0.666. The molecule has 4 heteroatoms. The molecule has 0 N–H and O–H groups in total. The number of para-hydroxylation sites is 2. The smallest absolute Gasteiger partial charge is 0.140 e. The summed E-state index contributed by atoms with van der Waals surface area (Å²) in [6.07, 6.45) is 2.14. The number of thiophene rings is 1. The molecule has 7 aromatic carbocycles. The molecule has 268 valence electrons. The first-order chi connectivity index (χ1) is 27.3. The van der Waals surface area contributed by atoms with E-state index in [1.807, 2.05) is 11.3 Å². The molecule has 0 radical (unpaired) electrons. The van der Waals surface area contributed by atoms with E-state index >= 15 is 0 Å². The fourth-order valence-electron chi connectivity index (χ4n) is 9.56. The highest BCUT2D eigenvalue weighted by molar-refractivity contribution is 7.25. The molecule has 0 unspecified atom stereocenters. The van der Waals surface area contributed by atoms with E-state index in [1.165, 1.54) is 75.0 Å². The van der Waals surface area contributed by atoms with Gasteiger partial charge in [0.1, 0.15) is 5.84 Å². The minimum absolute atomic E-state index is 0.148. The Labute approximate surface area is 329 Å². The monoisotopic (exact) mass is 737 g/mol. The van der Waals surface area contributed by atoms with Crippen LogP contribution in [-0.2, 0) is 5.41 Å². The van der Waals surface area contributed by atoms with Gasteiger partial charge in [0, 0.05) is 58.4 Å². The standard InChI is InChI=1S/C52H39N3S/c1-6-42(32-24-26-44-38(28-32)39-29-40-35-19-12-15-23-47(35)56-48(40)30-46(39)54(44)33-16-8-7-9-17-33)53-51(31(2)3)55-43-22-14-11-20-37(43)49-45(55)27-25-36-34-18-10-13-21-41(34)52(4,5)50(36)49/h6-30H,2H2,1,3-5H3/b42-6-,53-51?. The molecule has 10 aromatic rings. The molecule has 0 aliphatic heterocycles. The van der Waals surface area contributed by atoms with Crippen LogP contribution >= 0.6 is 11.3 Å². The van der Waals surface area contributed by atoms with Crippen LogP contribution in [0.1, 0.15) is 44.4 Å². The van der Waals surface area contributed by atoms with Crippen molar-refractivity contribution >= 4 is 86.7 Å². The highest BCUT2D eigenvalue weighted by Crippen LogP contribution is 2.53. The number of hydrogen-bond donors (Lipinski definition) is 0. The number of benzene rings is 7. The van der Waals surface area contributed by atoms with Gasteiger partial charge in [0.2, 0.25) is 0 Å². The Bertz CT molecular complexity index is 3360. The van der Waals surface area contributed by atoms with Gasteiger partial charge in [-0.05, 0) is 96.3 Å². The Hall–Kier alpha value is -6.49. The molecule has 0 saturated heterocycles. The van der Waals surface area contributed by atoms with Crippen molar-refractivity contribution in [2.24, 2.45) is 4.99 Å². The van der Waals surface area contributed by atoms with Crippen LogP contribution in [0.3, 0.4) is 0 Å². The third-order valence-electron chi connectivity index (χ3n) is 12.0. The van der Waals surface area contributed by atoms with Gasteiger partial charge in [-0.2, -0.15) is 0 Å². The summed E-state index contributed by atoms with van der Waals surface area (Å²) in [6.45, 7) is 13.4. The first-order valence-corrected chi connectivity index (χ1v) is 20.2. The molecule has 0 spiro atoms. The molecule has 11 rings (SSSR count). The molecule has 0 bridgehead atoms. The summed E-state index contributed by atoms with van der Waals surface area (Å²) in [7, 11) is 0. The van der Waals surface area contributed by atoms with E-state index in [2.05, 4.69) is 195 Å². The van der Waals surface area contributed by atoms with Crippen LogP contribution in [0.25, 0.3) is 86.3 Å². The lowest BCUT2D eigenvalue weighted by Crippen LogP contribution is -2.16. The van der Waals surface area contributed by atoms with E-state index in [0.717, 1.165) is 39.4 Å². The number of nitrogens with zero attached hydrogens (tertiary/aromatic N) is 3. The van der Waals surface area contributed by atoms with Gasteiger partial charge in [-0.25, -0.2) is 4.99 Å². The zero-order valence-corrected chi connectivity index (χ0v) is 32.7. The van der Waals surface area contributed by atoms with Crippen molar-refractivity contribution in [3.8, 4) is 16.8 Å². The van der Waals surface area contributed by atoms with Crippen molar-refractivity contribution < 1.29 is 0 Å². The number of aliphatic imine (C=N–C) groups is 1. The van der Waals surface area contributed by atoms with Crippen LogP contribution in [0.2, 0.25) is 0 Å². The van der Waals surface area contributed by atoms with Gasteiger partial charge < -0.3 is 4.57 Å². The maximum Gasteiger partial charge on any atom is 0.140 e. The second kappa shape index (κ2) is 12.0. The maximum atomic E-state index is 5.55. The summed E-state index contributed by atoms with van der Waals surface area (Å²) in [5.41, 5.74) is 14.0. The Morgan fingerprint density at radius 2 is 1.34 bits per heavy atom. The van der Waals surface area contributed by atoms with Crippen molar-refractivity contribution in [2.45, 2.75) is 33.1 Å². The Kier molecular flexibility index (Phi) is 7.05. The summed E-state index contributed by atoms with van der Waals surface area (Å²) in [6, 6.07) is 53.4. The fraction of sp³-hybridized carbons (Fsp3) is 0.0962. The lowest BCUT2D eigenvalue weighted by Gasteiger charge is -2.22. The number of rotatable bonds is 4. The van der Waals surface area contributed by atoms with E-state index in [9.17, 15) is 0 Å². The van der Waals surface area contributed by atoms with E-state index in [-0.39, 0.29) is 5.41 Å². The molecular formula is C52H39N3S. The molecule has 3 aromatic heterocycles. The molecule has 1 aliphatic carbocycles. The zero-order chi connectivity index (χ0) is 37.9. The molecule has 1 aliphatic rings. The van der Waals surface area contributed by atoms with E-state index in [0.29, 0.717) is 0 Å². The SMILES string of the molecule is C=C(C)C(=N/C(=C\C)c1ccc2c(c1)c1cc3c(cc1n2-c1ccccc1)sc1ccccc13)n1c2ccccc2c2c3c(ccc21)-c1ccccc1C3(C)C. The molecule has 56 heavy (non-hydrogen) atoms. The summed E-state index contributed by atoms with van der Waals surface area (Å²) >= 11 is 1.86. The summed E-state index contributed by atoms with van der Waals surface area (Å²) < 4.78 is 7.36. The first-order valence-electron chi connectivity index (χ1n) is 19.4. The Balaban J connectivity index is 1.14. The third kappa shape index (κ3) is 4.54. The molecule has 0 amide bonds. The Morgan fingerprint density at radius 3 is 2.16 bits per heavy atom. The van der Waals surface area contributed by atoms with E-state index in [4.69, 9.17) is 4.99 Å². The number of fused-ring (bicyclic) bond motifs is 13. The van der Waals surface area contributed by atoms with E-state index in [1.54, 1.807) is 0 Å². The number of allylic oxidation sites excluding steroid dienone is 2. The first kappa shape index (κ1) is 32.9. The van der Waals surface area contributed by atoms with Crippen molar-refractivity contribution in [3.05, 3.63) is 181 Å². The average molecular weight is 738 g/mol. The van der Waals surface area contributed by atoms with Crippen LogP contribution in [-0.4, -0.2) is 15.0 Å². The predicted molar refractivity (Wildman–Crippen MR) is 242 cm³/mol.